The minimum Gasteiger partial charge on any atom is -0.492 e. The zero-order valence-electron chi connectivity index (χ0n) is 14.4. The summed E-state index contributed by atoms with van der Waals surface area (Å²) in [7, 11) is 3.59. The third-order valence-corrected chi connectivity index (χ3v) is 3.98. The van der Waals surface area contributed by atoms with Crippen molar-refractivity contribution >= 4 is 23.2 Å². The van der Waals surface area contributed by atoms with E-state index in [1.54, 1.807) is 60.3 Å². The average Bonchev–Trinajstić information content (AvgIpc) is 3.19. The molecule has 0 aliphatic rings. The van der Waals surface area contributed by atoms with Gasteiger partial charge in [0.15, 0.2) is 0 Å². The van der Waals surface area contributed by atoms with E-state index in [9.17, 15) is 4.79 Å². The molecule has 2 aromatic heterocycles. The van der Waals surface area contributed by atoms with Crippen molar-refractivity contribution in [2.24, 2.45) is 19.8 Å². The van der Waals surface area contributed by atoms with Gasteiger partial charge in [-0.15, -0.1) is 0 Å². The molecule has 3 aromatic rings. The van der Waals surface area contributed by atoms with Gasteiger partial charge in [-0.1, -0.05) is 11.6 Å². The predicted octanol–water partition coefficient (Wildman–Crippen LogP) is 2.06. The molecule has 136 valence electrons. The van der Waals surface area contributed by atoms with Gasteiger partial charge in [0.2, 0.25) is 0 Å². The van der Waals surface area contributed by atoms with Gasteiger partial charge in [0, 0.05) is 38.1 Å². The number of anilines is 1. The minimum absolute atomic E-state index is 0.303. The van der Waals surface area contributed by atoms with Gasteiger partial charge in [-0.25, -0.2) is 4.98 Å². The van der Waals surface area contributed by atoms with Crippen molar-refractivity contribution in [1.29, 1.82) is 0 Å². The molecule has 2 heterocycles. The Bertz CT molecular complexity index is 914. The number of aryl methyl sites for hydroxylation is 2. The van der Waals surface area contributed by atoms with Crippen LogP contribution in [0.25, 0.3) is 11.3 Å². The van der Waals surface area contributed by atoms with Crippen LogP contribution < -0.4 is 15.8 Å². The molecule has 9 heteroatoms. The smallest absolute Gasteiger partial charge is 0.275 e. The molecule has 0 aliphatic carbocycles. The standard InChI is InChI=1S/C17H19ClN6O2/c1-23-9-14(20-10-23)17(25)22-11-3-4-15(26-6-5-19)12(7-11)16-13(18)8-21-24(16)2/h3-4,7-10H,5-6,19H2,1-2H3,(H,22,25). The van der Waals surface area contributed by atoms with Crippen LogP contribution in [0, 0.1) is 0 Å². The van der Waals surface area contributed by atoms with Crippen LogP contribution in [-0.4, -0.2) is 38.4 Å². The number of nitrogens with two attached hydrogens (primary N) is 1. The predicted molar refractivity (Wildman–Crippen MR) is 99.4 cm³/mol. The van der Waals surface area contributed by atoms with Crippen LogP contribution in [0.5, 0.6) is 5.75 Å². The zero-order valence-corrected chi connectivity index (χ0v) is 15.2. The van der Waals surface area contributed by atoms with Gasteiger partial charge in [0.1, 0.15) is 18.1 Å². The Morgan fingerprint density at radius 2 is 2.19 bits per heavy atom. The molecular weight excluding hydrogens is 356 g/mol. The van der Waals surface area contributed by atoms with Crippen molar-refractivity contribution in [3.05, 3.63) is 47.6 Å². The summed E-state index contributed by atoms with van der Waals surface area (Å²) < 4.78 is 9.07. The lowest BCUT2D eigenvalue weighted by molar-refractivity contribution is 0.102. The Labute approximate surface area is 155 Å². The molecule has 0 atom stereocenters. The number of halogens is 1. The zero-order chi connectivity index (χ0) is 18.7. The summed E-state index contributed by atoms with van der Waals surface area (Å²) >= 11 is 6.28. The molecule has 1 aromatic carbocycles. The molecule has 1 amide bonds. The number of ether oxygens (including phenoxy) is 1. The van der Waals surface area contributed by atoms with Crippen LogP contribution in [-0.2, 0) is 14.1 Å². The summed E-state index contributed by atoms with van der Waals surface area (Å²) in [4.78, 5) is 16.4. The molecule has 0 spiro atoms. The summed E-state index contributed by atoms with van der Waals surface area (Å²) in [5, 5.41) is 7.47. The highest BCUT2D eigenvalue weighted by molar-refractivity contribution is 6.33. The van der Waals surface area contributed by atoms with Crippen molar-refractivity contribution in [1.82, 2.24) is 19.3 Å². The molecule has 26 heavy (non-hydrogen) atoms. The van der Waals surface area contributed by atoms with Crippen molar-refractivity contribution in [3.63, 3.8) is 0 Å². The number of hydrogen-bond acceptors (Lipinski definition) is 5. The molecular formula is C17H19ClN6O2. The normalized spacial score (nSPS) is 10.8. The fourth-order valence-electron chi connectivity index (χ4n) is 2.53. The molecule has 0 bridgehead atoms. The van der Waals surface area contributed by atoms with Crippen molar-refractivity contribution in [2.45, 2.75) is 0 Å². The third-order valence-electron chi connectivity index (χ3n) is 3.70. The van der Waals surface area contributed by atoms with Crippen LogP contribution in [0.1, 0.15) is 10.5 Å². The number of aromatic nitrogens is 4. The Morgan fingerprint density at radius 1 is 1.38 bits per heavy atom. The van der Waals surface area contributed by atoms with E-state index in [0.717, 1.165) is 0 Å². The lowest BCUT2D eigenvalue weighted by Crippen LogP contribution is -2.13. The minimum atomic E-state index is -0.303. The first-order valence-corrected chi connectivity index (χ1v) is 8.31. The number of nitrogens with zero attached hydrogens (tertiary/aromatic N) is 4. The van der Waals surface area contributed by atoms with E-state index in [-0.39, 0.29) is 5.91 Å². The first-order chi connectivity index (χ1) is 12.5. The van der Waals surface area contributed by atoms with Gasteiger partial charge in [0.25, 0.3) is 5.91 Å². The van der Waals surface area contributed by atoms with E-state index >= 15 is 0 Å². The first-order valence-electron chi connectivity index (χ1n) is 7.93. The summed E-state index contributed by atoms with van der Waals surface area (Å²) in [5.41, 5.74) is 7.85. The largest absolute Gasteiger partial charge is 0.492 e. The third kappa shape index (κ3) is 3.71. The van der Waals surface area contributed by atoms with Crippen LogP contribution in [0.15, 0.2) is 36.9 Å². The summed E-state index contributed by atoms with van der Waals surface area (Å²) in [6.45, 7) is 0.749. The fraction of sp³-hybridized carbons (Fsp3) is 0.235. The molecule has 0 saturated carbocycles. The van der Waals surface area contributed by atoms with E-state index in [2.05, 4.69) is 15.4 Å². The van der Waals surface area contributed by atoms with Gasteiger partial charge in [-0.3, -0.25) is 9.48 Å². The molecule has 8 nitrogen and oxygen atoms in total. The molecule has 3 N–H and O–H groups in total. The Morgan fingerprint density at radius 3 is 2.81 bits per heavy atom. The van der Waals surface area contributed by atoms with Crippen LogP contribution in [0.3, 0.4) is 0 Å². The van der Waals surface area contributed by atoms with Crippen LogP contribution in [0.4, 0.5) is 5.69 Å². The lowest BCUT2D eigenvalue weighted by Gasteiger charge is -2.14. The quantitative estimate of drug-likeness (QED) is 0.688. The van der Waals surface area contributed by atoms with E-state index in [1.165, 1.54) is 0 Å². The molecule has 0 saturated heterocycles. The highest BCUT2D eigenvalue weighted by Gasteiger charge is 2.17. The lowest BCUT2D eigenvalue weighted by atomic mass is 10.1. The molecule has 3 rings (SSSR count). The number of carbonyl (C=O) groups is 1. The van der Waals surface area contributed by atoms with Crippen molar-refractivity contribution in [3.8, 4) is 17.0 Å². The molecule has 0 radical (unpaired) electrons. The van der Waals surface area contributed by atoms with Crippen LogP contribution >= 0.6 is 11.6 Å². The summed E-state index contributed by atoms with van der Waals surface area (Å²) in [6.07, 6.45) is 4.77. The number of hydrogen-bond donors (Lipinski definition) is 2. The number of benzene rings is 1. The van der Waals surface area contributed by atoms with Gasteiger partial charge < -0.3 is 20.4 Å². The van der Waals surface area contributed by atoms with Gasteiger partial charge in [-0.05, 0) is 18.2 Å². The maximum atomic E-state index is 12.3. The van der Waals surface area contributed by atoms with E-state index in [0.29, 0.717) is 46.6 Å². The number of rotatable bonds is 6. The molecule has 0 aliphatic heterocycles. The van der Waals surface area contributed by atoms with Crippen molar-refractivity contribution < 1.29 is 9.53 Å². The maximum absolute atomic E-state index is 12.3. The average molecular weight is 375 g/mol. The van der Waals surface area contributed by atoms with E-state index in [4.69, 9.17) is 22.1 Å². The van der Waals surface area contributed by atoms with Gasteiger partial charge >= 0.3 is 0 Å². The van der Waals surface area contributed by atoms with Gasteiger partial charge in [-0.2, -0.15) is 5.10 Å². The summed E-state index contributed by atoms with van der Waals surface area (Å²) in [5.74, 6) is 0.306. The SMILES string of the molecule is Cn1cnc(C(=O)Nc2ccc(OCCN)c(-c3c(Cl)cnn3C)c2)c1. The van der Waals surface area contributed by atoms with Crippen molar-refractivity contribution in [2.75, 3.05) is 18.5 Å². The Balaban J connectivity index is 1.95. The van der Waals surface area contributed by atoms with Gasteiger partial charge in [0.05, 0.1) is 23.2 Å². The number of amides is 1. The fourth-order valence-corrected chi connectivity index (χ4v) is 2.79. The Kier molecular flexibility index (Phi) is 5.24. The highest BCUT2D eigenvalue weighted by atomic mass is 35.5. The first kappa shape index (κ1) is 18.0. The topological polar surface area (TPSA) is 100.0 Å². The highest BCUT2D eigenvalue weighted by Crippen LogP contribution is 2.36. The maximum Gasteiger partial charge on any atom is 0.275 e. The number of imidazole rings is 1. The second kappa shape index (κ2) is 7.59. The van der Waals surface area contributed by atoms with E-state index in [1.807, 2.05) is 0 Å². The Hall–Kier alpha value is -2.84. The summed E-state index contributed by atoms with van der Waals surface area (Å²) in [6, 6.07) is 5.30. The van der Waals surface area contributed by atoms with Crippen LogP contribution in [0.2, 0.25) is 5.02 Å². The number of nitrogens with one attached hydrogen (secondary N) is 1. The molecule has 0 unspecified atom stereocenters. The second-order valence-electron chi connectivity index (χ2n) is 5.69. The van der Waals surface area contributed by atoms with E-state index < -0.39 is 0 Å². The number of carbonyl (C=O) groups excluding carboxylic acids is 1. The molecule has 0 fully saturated rings. The monoisotopic (exact) mass is 374 g/mol. The second-order valence-corrected chi connectivity index (χ2v) is 6.10.